The normalized spacial score (nSPS) is 15.7. The van der Waals surface area contributed by atoms with Gasteiger partial charge >= 0.3 is 0 Å². The largest absolute Gasteiger partial charge is 0.545 e. The minimum absolute atomic E-state index is 0.104. The van der Waals surface area contributed by atoms with Crippen LogP contribution in [0.15, 0.2) is 17.0 Å². The number of hydrogen-bond donors (Lipinski definition) is 1. The molecule has 1 aliphatic rings. The fourth-order valence-corrected chi connectivity index (χ4v) is 3.53. The Kier molecular flexibility index (Phi) is 3.55. The van der Waals surface area contributed by atoms with E-state index in [2.05, 4.69) is 4.72 Å². The summed E-state index contributed by atoms with van der Waals surface area (Å²) in [5.41, 5.74) is -0.405. The summed E-state index contributed by atoms with van der Waals surface area (Å²) in [7, 11) is -3.83. The van der Waals surface area contributed by atoms with Gasteiger partial charge in [0.1, 0.15) is 4.90 Å². The summed E-state index contributed by atoms with van der Waals surface area (Å²) in [5.74, 6) is -1.56. The summed E-state index contributed by atoms with van der Waals surface area (Å²) >= 11 is 11.4. The maximum Gasteiger partial charge on any atom is 0.242 e. The van der Waals surface area contributed by atoms with E-state index in [0.29, 0.717) is 0 Å². The molecule has 0 bridgehead atoms. The lowest BCUT2D eigenvalue weighted by Crippen LogP contribution is -2.27. The number of benzene rings is 1. The zero-order chi connectivity index (χ0) is 13.5. The SMILES string of the molecule is O=C([O-])c1cc(S(=O)(=O)NC2CC2)c(Cl)cc1Cl. The number of hydrogen-bond acceptors (Lipinski definition) is 4. The molecule has 1 aromatic rings. The molecule has 1 N–H and O–H groups in total. The summed E-state index contributed by atoms with van der Waals surface area (Å²) in [6, 6.07) is 1.88. The van der Waals surface area contributed by atoms with E-state index < -0.39 is 21.6 Å². The van der Waals surface area contributed by atoms with Crippen LogP contribution < -0.4 is 9.83 Å². The Bertz CT molecular complexity index is 611. The third kappa shape index (κ3) is 2.77. The minimum atomic E-state index is -3.83. The van der Waals surface area contributed by atoms with Gasteiger partial charge in [0.2, 0.25) is 10.0 Å². The van der Waals surface area contributed by atoms with Gasteiger partial charge in [0.25, 0.3) is 0 Å². The van der Waals surface area contributed by atoms with Crippen molar-refractivity contribution in [3.63, 3.8) is 0 Å². The number of halogens is 2. The van der Waals surface area contributed by atoms with E-state index in [4.69, 9.17) is 23.2 Å². The maximum atomic E-state index is 11.9. The second-order valence-electron chi connectivity index (χ2n) is 3.95. The van der Waals surface area contributed by atoms with Crippen LogP contribution in [-0.2, 0) is 10.0 Å². The van der Waals surface area contributed by atoms with Crippen molar-refractivity contribution >= 4 is 39.2 Å². The van der Waals surface area contributed by atoms with Crippen LogP contribution in [0.5, 0.6) is 0 Å². The first-order chi connectivity index (χ1) is 8.31. The quantitative estimate of drug-likeness (QED) is 0.891. The summed E-state index contributed by atoms with van der Waals surface area (Å²) in [5, 5.41) is 10.5. The highest BCUT2D eigenvalue weighted by Gasteiger charge is 2.29. The average molecular weight is 309 g/mol. The van der Waals surface area contributed by atoms with E-state index in [1.807, 2.05) is 0 Å². The Balaban J connectivity index is 2.49. The van der Waals surface area contributed by atoms with Crippen molar-refractivity contribution < 1.29 is 18.3 Å². The van der Waals surface area contributed by atoms with Crippen LogP contribution in [0.3, 0.4) is 0 Å². The molecule has 0 saturated heterocycles. The summed E-state index contributed by atoms with van der Waals surface area (Å²) in [4.78, 5) is 10.5. The van der Waals surface area contributed by atoms with E-state index >= 15 is 0 Å². The molecule has 1 fully saturated rings. The van der Waals surface area contributed by atoms with Gasteiger partial charge in [-0.15, -0.1) is 0 Å². The Hall–Kier alpha value is -0.820. The molecule has 5 nitrogen and oxygen atoms in total. The molecule has 8 heteroatoms. The van der Waals surface area contributed by atoms with Gasteiger partial charge < -0.3 is 9.90 Å². The first kappa shape index (κ1) is 13.6. The van der Waals surface area contributed by atoms with Crippen molar-refractivity contribution in [3.8, 4) is 0 Å². The number of rotatable bonds is 4. The van der Waals surface area contributed by atoms with Gasteiger partial charge in [-0.1, -0.05) is 23.2 Å². The number of sulfonamides is 1. The van der Waals surface area contributed by atoms with E-state index in [-0.39, 0.29) is 21.0 Å². The van der Waals surface area contributed by atoms with Crippen LogP contribution in [-0.4, -0.2) is 20.4 Å². The second-order valence-corrected chi connectivity index (χ2v) is 6.44. The van der Waals surface area contributed by atoms with Crippen LogP contribution in [0, 0.1) is 0 Å². The molecule has 1 aromatic carbocycles. The van der Waals surface area contributed by atoms with E-state index in [1.54, 1.807) is 0 Å². The number of carboxylic acid groups (broad SMARTS) is 1. The third-order valence-electron chi connectivity index (χ3n) is 2.43. The molecule has 1 saturated carbocycles. The number of aromatic carboxylic acids is 1. The highest BCUT2D eigenvalue weighted by Crippen LogP contribution is 2.30. The molecule has 0 unspecified atom stereocenters. The molecular formula is C10H8Cl2NO4S-. The molecule has 0 atom stereocenters. The van der Waals surface area contributed by atoms with Crippen molar-refractivity contribution in [1.29, 1.82) is 0 Å². The minimum Gasteiger partial charge on any atom is -0.545 e. The highest BCUT2D eigenvalue weighted by atomic mass is 35.5. The van der Waals surface area contributed by atoms with Crippen LogP contribution in [0.1, 0.15) is 23.2 Å². The number of carbonyl (C=O) groups is 1. The lowest BCUT2D eigenvalue weighted by atomic mass is 10.2. The molecular weight excluding hydrogens is 301 g/mol. The Morgan fingerprint density at radius 2 is 1.89 bits per heavy atom. The third-order valence-corrected chi connectivity index (χ3v) is 4.73. The molecule has 98 valence electrons. The molecule has 18 heavy (non-hydrogen) atoms. The van der Waals surface area contributed by atoms with Gasteiger partial charge in [0, 0.05) is 11.6 Å². The zero-order valence-corrected chi connectivity index (χ0v) is 11.3. The van der Waals surface area contributed by atoms with E-state index in [1.165, 1.54) is 0 Å². The zero-order valence-electron chi connectivity index (χ0n) is 8.94. The smallest absolute Gasteiger partial charge is 0.242 e. The Morgan fingerprint density at radius 1 is 1.28 bits per heavy atom. The van der Waals surface area contributed by atoms with Gasteiger partial charge in [-0.25, -0.2) is 13.1 Å². The number of nitrogens with one attached hydrogen (secondary N) is 1. The van der Waals surface area contributed by atoms with Gasteiger partial charge in [-0.2, -0.15) is 0 Å². The molecule has 1 aliphatic carbocycles. The van der Waals surface area contributed by atoms with Gasteiger partial charge in [-0.05, 0) is 25.0 Å². The summed E-state index contributed by atoms with van der Waals surface area (Å²) < 4.78 is 26.3. The second kappa shape index (κ2) is 4.70. The van der Waals surface area contributed by atoms with Crippen molar-refractivity contribution in [1.82, 2.24) is 4.72 Å². The summed E-state index contributed by atoms with van der Waals surface area (Å²) in [6.07, 6.45) is 1.52. The maximum absolute atomic E-state index is 11.9. The lowest BCUT2D eigenvalue weighted by Gasteiger charge is -2.11. The molecule has 0 radical (unpaired) electrons. The van der Waals surface area contributed by atoms with E-state index in [9.17, 15) is 18.3 Å². The average Bonchev–Trinajstić information content (AvgIpc) is 2.99. The molecule has 2 rings (SSSR count). The van der Waals surface area contributed by atoms with Crippen molar-refractivity contribution in [2.45, 2.75) is 23.8 Å². The first-order valence-electron chi connectivity index (χ1n) is 5.04. The van der Waals surface area contributed by atoms with Gasteiger partial charge in [0.15, 0.2) is 0 Å². The Labute approximate surface area is 114 Å². The highest BCUT2D eigenvalue weighted by molar-refractivity contribution is 7.89. The predicted octanol–water partition coefficient (Wildman–Crippen LogP) is 0.798. The molecule has 0 amide bonds. The first-order valence-corrected chi connectivity index (χ1v) is 7.28. The fourth-order valence-electron chi connectivity index (χ4n) is 1.38. The van der Waals surface area contributed by atoms with Crippen LogP contribution in [0.25, 0.3) is 0 Å². The standard InChI is InChI=1S/C10H9Cl2NO4S/c11-7-4-8(12)9(3-6(7)10(14)15)18(16,17)13-5-1-2-5/h3-5,13H,1-2H2,(H,14,15)/p-1. The van der Waals surface area contributed by atoms with Gasteiger partial charge in [0.05, 0.1) is 16.0 Å². The molecule has 0 aliphatic heterocycles. The van der Waals surface area contributed by atoms with Crippen molar-refractivity contribution in [2.24, 2.45) is 0 Å². The monoisotopic (exact) mass is 308 g/mol. The lowest BCUT2D eigenvalue weighted by molar-refractivity contribution is -0.255. The van der Waals surface area contributed by atoms with Crippen molar-refractivity contribution in [3.05, 3.63) is 27.7 Å². The molecule has 0 spiro atoms. The summed E-state index contributed by atoms with van der Waals surface area (Å²) in [6.45, 7) is 0. The number of carbonyl (C=O) groups excluding carboxylic acids is 1. The van der Waals surface area contributed by atoms with Crippen LogP contribution in [0.4, 0.5) is 0 Å². The van der Waals surface area contributed by atoms with Crippen LogP contribution >= 0.6 is 23.2 Å². The molecule has 0 aromatic heterocycles. The van der Waals surface area contributed by atoms with Crippen LogP contribution in [0.2, 0.25) is 10.0 Å². The van der Waals surface area contributed by atoms with Crippen molar-refractivity contribution in [2.75, 3.05) is 0 Å². The Morgan fingerprint density at radius 3 is 2.39 bits per heavy atom. The fraction of sp³-hybridized carbons (Fsp3) is 0.300. The number of carboxylic acids is 1. The van der Waals surface area contributed by atoms with Gasteiger partial charge in [-0.3, -0.25) is 0 Å². The van der Waals surface area contributed by atoms with E-state index in [0.717, 1.165) is 25.0 Å². The predicted molar refractivity (Wildman–Crippen MR) is 64.1 cm³/mol. The molecule has 0 heterocycles. The topological polar surface area (TPSA) is 86.3 Å².